The van der Waals surface area contributed by atoms with E-state index < -0.39 is 0 Å². The van der Waals surface area contributed by atoms with Gasteiger partial charge >= 0.3 is 0 Å². The third kappa shape index (κ3) is 5.67. The standard InChI is InChI=1S/C50H32N4/c1-2-12-35(13-3-1)48-41-18-5-7-20-43(41)49(44-21-8-6-19-42(44)48)38-16-10-15-37(28-38)47-30-46(34-25-23-33(24-26-34)39-17-11-27-51-31-39)53-50(54-47)40-29-36-14-4-9-22-45(36)52-32-40/h1-32H. The molecule has 0 saturated heterocycles. The average Bonchev–Trinajstić information content (AvgIpc) is 3.26. The molecule has 10 aromatic rings. The molecule has 0 unspecified atom stereocenters. The van der Waals surface area contributed by atoms with Crippen molar-refractivity contribution in [3.05, 3.63) is 195 Å². The van der Waals surface area contributed by atoms with Crippen LogP contribution in [0.2, 0.25) is 0 Å². The molecular weight excluding hydrogens is 657 g/mol. The smallest absolute Gasteiger partial charge is 0.161 e. The van der Waals surface area contributed by atoms with Gasteiger partial charge in [0, 0.05) is 40.7 Å². The van der Waals surface area contributed by atoms with Gasteiger partial charge in [0.05, 0.1) is 16.9 Å². The molecule has 10 rings (SSSR count). The molecule has 0 aliphatic heterocycles. The number of pyridine rings is 2. The van der Waals surface area contributed by atoms with Gasteiger partial charge in [-0.1, -0.05) is 146 Å². The average molecular weight is 689 g/mol. The Hall–Kier alpha value is -7.30. The van der Waals surface area contributed by atoms with Crippen LogP contribution >= 0.6 is 0 Å². The van der Waals surface area contributed by atoms with E-state index in [0.29, 0.717) is 5.82 Å². The summed E-state index contributed by atoms with van der Waals surface area (Å²) < 4.78 is 0. The fourth-order valence-electron chi connectivity index (χ4n) is 7.62. The van der Waals surface area contributed by atoms with E-state index in [0.717, 1.165) is 55.7 Å². The Morgan fingerprint density at radius 1 is 0.333 bits per heavy atom. The zero-order valence-electron chi connectivity index (χ0n) is 29.3. The molecule has 0 fully saturated rings. The summed E-state index contributed by atoms with van der Waals surface area (Å²) in [4.78, 5) is 19.4. The highest BCUT2D eigenvalue weighted by molar-refractivity contribution is 6.21. The summed E-state index contributed by atoms with van der Waals surface area (Å²) in [5, 5.41) is 5.94. The van der Waals surface area contributed by atoms with Crippen molar-refractivity contribution in [3.63, 3.8) is 0 Å². The first-order valence-corrected chi connectivity index (χ1v) is 18.1. The third-order valence-corrected chi connectivity index (χ3v) is 10.2. The summed E-state index contributed by atoms with van der Waals surface area (Å²) in [6.07, 6.45) is 5.56. The summed E-state index contributed by atoms with van der Waals surface area (Å²) >= 11 is 0. The lowest BCUT2D eigenvalue weighted by Gasteiger charge is -2.18. The van der Waals surface area contributed by atoms with Gasteiger partial charge in [-0.15, -0.1) is 0 Å². The van der Waals surface area contributed by atoms with Gasteiger partial charge in [0.15, 0.2) is 5.82 Å². The summed E-state index contributed by atoms with van der Waals surface area (Å²) in [5.74, 6) is 0.630. The lowest BCUT2D eigenvalue weighted by atomic mass is 9.85. The van der Waals surface area contributed by atoms with E-state index >= 15 is 0 Å². The van der Waals surface area contributed by atoms with E-state index in [1.165, 1.54) is 38.2 Å². The number of fused-ring (bicyclic) bond motifs is 3. The maximum Gasteiger partial charge on any atom is 0.161 e. The molecule has 0 saturated carbocycles. The van der Waals surface area contributed by atoms with Gasteiger partial charge < -0.3 is 0 Å². The van der Waals surface area contributed by atoms with Crippen LogP contribution in [0.1, 0.15) is 0 Å². The number of aromatic nitrogens is 4. The summed E-state index contributed by atoms with van der Waals surface area (Å²) in [6.45, 7) is 0. The van der Waals surface area contributed by atoms with E-state index in [-0.39, 0.29) is 0 Å². The highest BCUT2D eigenvalue weighted by atomic mass is 14.9. The summed E-state index contributed by atoms with van der Waals surface area (Å²) in [5.41, 5.74) is 12.5. The number of para-hydroxylation sites is 1. The third-order valence-electron chi connectivity index (χ3n) is 10.2. The van der Waals surface area contributed by atoms with Crippen LogP contribution in [0.15, 0.2) is 195 Å². The van der Waals surface area contributed by atoms with Crippen molar-refractivity contribution in [1.82, 2.24) is 19.9 Å². The zero-order chi connectivity index (χ0) is 35.8. The van der Waals surface area contributed by atoms with Crippen LogP contribution in [-0.2, 0) is 0 Å². The summed E-state index contributed by atoms with van der Waals surface area (Å²) in [6, 6.07) is 61.9. The molecule has 4 heteroatoms. The van der Waals surface area contributed by atoms with Crippen molar-refractivity contribution in [3.8, 4) is 67.3 Å². The molecule has 0 amide bonds. The van der Waals surface area contributed by atoms with Crippen LogP contribution in [0.25, 0.3) is 99.7 Å². The van der Waals surface area contributed by atoms with Crippen LogP contribution in [0.4, 0.5) is 0 Å². The Morgan fingerprint density at radius 3 is 1.61 bits per heavy atom. The highest BCUT2D eigenvalue weighted by Gasteiger charge is 2.18. The van der Waals surface area contributed by atoms with Gasteiger partial charge in [-0.25, -0.2) is 9.97 Å². The Balaban J connectivity index is 1.16. The van der Waals surface area contributed by atoms with E-state index in [9.17, 15) is 0 Å². The van der Waals surface area contributed by atoms with Crippen LogP contribution in [0.5, 0.6) is 0 Å². The minimum Gasteiger partial charge on any atom is -0.264 e. The van der Waals surface area contributed by atoms with E-state index in [2.05, 4.69) is 157 Å². The fourth-order valence-corrected chi connectivity index (χ4v) is 7.62. The second kappa shape index (κ2) is 13.4. The Kier molecular flexibility index (Phi) is 7.77. The van der Waals surface area contributed by atoms with Crippen molar-refractivity contribution in [1.29, 1.82) is 0 Å². The molecular formula is C50H32N4. The highest BCUT2D eigenvalue weighted by Crippen LogP contribution is 2.44. The van der Waals surface area contributed by atoms with Gasteiger partial charge in [0.25, 0.3) is 0 Å². The molecule has 0 aliphatic rings. The minimum absolute atomic E-state index is 0.630. The second-order valence-corrected chi connectivity index (χ2v) is 13.5. The number of benzene rings is 7. The molecule has 3 aromatic heterocycles. The van der Waals surface area contributed by atoms with Crippen LogP contribution in [-0.4, -0.2) is 19.9 Å². The normalized spacial score (nSPS) is 11.3. The van der Waals surface area contributed by atoms with Crippen molar-refractivity contribution in [2.75, 3.05) is 0 Å². The zero-order valence-corrected chi connectivity index (χ0v) is 29.3. The number of nitrogens with zero attached hydrogens (tertiary/aromatic N) is 4. The molecule has 0 atom stereocenters. The first-order valence-electron chi connectivity index (χ1n) is 18.1. The second-order valence-electron chi connectivity index (χ2n) is 13.5. The first kappa shape index (κ1) is 31.4. The molecule has 7 aromatic carbocycles. The van der Waals surface area contributed by atoms with Gasteiger partial charge in [-0.3, -0.25) is 9.97 Å². The molecule has 4 nitrogen and oxygen atoms in total. The van der Waals surface area contributed by atoms with Gasteiger partial charge in [-0.05, 0) is 85.3 Å². The monoisotopic (exact) mass is 688 g/mol. The van der Waals surface area contributed by atoms with Gasteiger partial charge in [0.1, 0.15) is 0 Å². The molecule has 0 bridgehead atoms. The van der Waals surface area contributed by atoms with Crippen molar-refractivity contribution < 1.29 is 0 Å². The summed E-state index contributed by atoms with van der Waals surface area (Å²) in [7, 11) is 0. The number of hydrogen-bond donors (Lipinski definition) is 0. The van der Waals surface area contributed by atoms with Gasteiger partial charge in [-0.2, -0.15) is 0 Å². The molecule has 54 heavy (non-hydrogen) atoms. The Labute approximate surface area is 313 Å². The van der Waals surface area contributed by atoms with Crippen LogP contribution in [0.3, 0.4) is 0 Å². The molecule has 252 valence electrons. The molecule has 0 N–H and O–H groups in total. The minimum atomic E-state index is 0.630. The molecule has 0 radical (unpaired) electrons. The lowest BCUT2D eigenvalue weighted by molar-refractivity contribution is 1.18. The van der Waals surface area contributed by atoms with Gasteiger partial charge in [0.2, 0.25) is 0 Å². The Morgan fingerprint density at radius 2 is 0.907 bits per heavy atom. The quantitative estimate of drug-likeness (QED) is 0.163. The van der Waals surface area contributed by atoms with E-state index in [4.69, 9.17) is 15.0 Å². The number of rotatable bonds is 6. The SMILES string of the molecule is c1ccc(-c2c3ccccc3c(-c3cccc(-c4cc(-c5ccc(-c6cccnc6)cc5)nc(-c5cnc6ccccc6c5)n4)c3)c3ccccc23)cc1. The topological polar surface area (TPSA) is 51.6 Å². The predicted molar refractivity (Wildman–Crippen MR) is 223 cm³/mol. The van der Waals surface area contributed by atoms with Crippen LogP contribution in [0, 0.1) is 0 Å². The van der Waals surface area contributed by atoms with E-state index in [1.54, 1.807) is 6.20 Å². The Bertz CT molecular complexity index is 2920. The van der Waals surface area contributed by atoms with Crippen molar-refractivity contribution in [2.45, 2.75) is 0 Å². The fraction of sp³-hybridized carbons (Fsp3) is 0. The maximum atomic E-state index is 5.23. The first-order chi connectivity index (χ1) is 26.8. The van der Waals surface area contributed by atoms with Crippen molar-refractivity contribution in [2.24, 2.45) is 0 Å². The van der Waals surface area contributed by atoms with E-state index in [1.807, 2.05) is 36.7 Å². The van der Waals surface area contributed by atoms with Crippen LogP contribution < -0.4 is 0 Å². The maximum absolute atomic E-state index is 5.23. The predicted octanol–water partition coefficient (Wildman–Crippen LogP) is 12.7. The van der Waals surface area contributed by atoms with Crippen molar-refractivity contribution >= 4 is 32.4 Å². The molecule has 3 heterocycles. The largest absolute Gasteiger partial charge is 0.264 e. The lowest BCUT2D eigenvalue weighted by Crippen LogP contribution is -1.97. The molecule has 0 spiro atoms. The molecule has 0 aliphatic carbocycles. The number of hydrogen-bond acceptors (Lipinski definition) is 4.